The van der Waals surface area contributed by atoms with Gasteiger partial charge in [-0.25, -0.2) is 13.1 Å². The Morgan fingerprint density at radius 2 is 2.06 bits per heavy atom. The van der Waals surface area contributed by atoms with Gasteiger partial charge >= 0.3 is 0 Å². The Labute approximate surface area is 109 Å². The van der Waals surface area contributed by atoms with Gasteiger partial charge in [0.15, 0.2) is 0 Å². The zero-order chi connectivity index (χ0) is 13.0. The van der Waals surface area contributed by atoms with Crippen LogP contribution < -0.4 is 10.0 Å². The minimum atomic E-state index is -3.34. The molecule has 4 nitrogen and oxygen atoms in total. The molecule has 1 unspecified atom stereocenters. The summed E-state index contributed by atoms with van der Waals surface area (Å²) in [6.45, 7) is 4.51. The number of benzene rings is 1. The van der Waals surface area contributed by atoms with Gasteiger partial charge in [-0.1, -0.05) is 17.7 Å². The third-order valence-electron chi connectivity index (χ3n) is 3.34. The third-order valence-corrected chi connectivity index (χ3v) is 4.82. The molecule has 1 aliphatic heterocycles. The van der Waals surface area contributed by atoms with Crippen molar-refractivity contribution in [2.24, 2.45) is 5.92 Å². The molecule has 0 radical (unpaired) electrons. The Hall–Kier alpha value is -0.910. The van der Waals surface area contributed by atoms with E-state index >= 15 is 0 Å². The van der Waals surface area contributed by atoms with Gasteiger partial charge in [0.25, 0.3) is 0 Å². The predicted octanol–water partition coefficient (Wildman–Crippen LogP) is 1.27. The molecule has 100 valence electrons. The van der Waals surface area contributed by atoms with E-state index in [-0.39, 0.29) is 0 Å². The largest absolute Gasteiger partial charge is 0.316 e. The molecule has 0 spiro atoms. The summed E-state index contributed by atoms with van der Waals surface area (Å²) >= 11 is 0. The summed E-state index contributed by atoms with van der Waals surface area (Å²) in [7, 11) is -3.34. The summed E-state index contributed by atoms with van der Waals surface area (Å²) in [6, 6.07) is 6.93. The highest BCUT2D eigenvalue weighted by atomic mass is 32.2. The van der Waals surface area contributed by atoms with Crippen LogP contribution in [0.15, 0.2) is 29.2 Å². The Balaban J connectivity index is 1.88. The molecule has 1 aromatic carbocycles. The highest BCUT2D eigenvalue weighted by Crippen LogP contribution is 2.13. The van der Waals surface area contributed by atoms with Crippen LogP contribution in [0, 0.1) is 12.8 Å². The molecular formula is C13H20N2O2S. The molecule has 0 aliphatic carbocycles. The number of sulfonamides is 1. The van der Waals surface area contributed by atoms with Crippen molar-refractivity contribution in [3.05, 3.63) is 29.8 Å². The normalized spacial score (nSPS) is 20.2. The number of hydrogen-bond acceptors (Lipinski definition) is 3. The fourth-order valence-corrected chi connectivity index (χ4v) is 3.21. The first kappa shape index (κ1) is 13.5. The summed E-state index contributed by atoms with van der Waals surface area (Å²) in [5, 5.41) is 3.28. The van der Waals surface area contributed by atoms with Gasteiger partial charge in [-0.15, -0.1) is 0 Å². The van der Waals surface area contributed by atoms with Crippen LogP contribution in [0.3, 0.4) is 0 Å². The second-order valence-electron chi connectivity index (χ2n) is 4.86. The van der Waals surface area contributed by atoms with Crippen LogP contribution in [-0.4, -0.2) is 28.1 Å². The minimum Gasteiger partial charge on any atom is -0.316 e. The maximum Gasteiger partial charge on any atom is 0.240 e. The molecule has 1 saturated heterocycles. The van der Waals surface area contributed by atoms with Crippen molar-refractivity contribution in [1.29, 1.82) is 0 Å². The SMILES string of the molecule is Cc1ccc(S(=O)(=O)NCCC2CCNC2)cc1. The maximum atomic E-state index is 12.0. The second-order valence-corrected chi connectivity index (χ2v) is 6.63. The lowest BCUT2D eigenvalue weighted by Crippen LogP contribution is -2.26. The lowest BCUT2D eigenvalue weighted by atomic mass is 10.1. The van der Waals surface area contributed by atoms with Gasteiger partial charge in [0.2, 0.25) is 10.0 Å². The molecule has 0 aromatic heterocycles. The van der Waals surface area contributed by atoms with E-state index in [1.54, 1.807) is 12.1 Å². The molecular weight excluding hydrogens is 248 g/mol. The Morgan fingerprint density at radius 3 is 2.67 bits per heavy atom. The van der Waals surface area contributed by atoms with E-state index in [1.165, 1.54) is 0 Å². The maximum absolute atomic E-state index is 12.0. The molecule has 5 heteroatoms. The van der Waals surface area contributed by atoms with E-state index in [1.807, 2.05) is 19.1 Å². The fraction of sp³-hybridized carbons (Fsp3) is 0.538. The molecule has 2 N–H and O–H groups in total. The van der Waals surface area contributed by atoms with E-state index < -0.39 is 10.0 Å². The first-order valence-electron chi connectivity index (χ1n) is 6.35. The number of rotatable bonds is 5. The van der Waals surface area contributed by atoms with Crippen LogP contribution in [-0.2, 0) is 10.0 Å². The minimum absolute atomic E-state index is 0.345. The molecule has 0 saturated carbocycles. The Bertz CT molecular complexity index is 476. The number of nitrogens with one attached hydrogen (secondary N) is 2. The zero-order valence-corrected chi connectivity index (χ0v) is 11.5. The average Bonchev–Trinajstić information content (AvgIpc) is 2.82. The van der Waals surface area contributed by atoms with Crippen molar-refractivity contribution in [3.8, 4) is 0 Å². The van der Waals surface area contributed by atoms with Crippen molar-refractivity contribution in [1.82, 2.24) is 10.0 Å². The van der Waals surface area contributed by atoms with Crippen molar-refractivity contribution in [2.45, 2.75) is 24.7 Å². The summed E-state index contributed by atoms with van der Waals surface area (Å²) in [4.78, 5) is 0.345. The topological polar surface area (TPSA) is 58.2 Å². The van der Waals surface area contributed by atoms with E-state index in [0.29, 0.717) is 17.4 Å². The second kappa shape index (κ2) is 5.82. The van der Waals surface area contributed by atoms with Gasteiger partial charge in [-0.05, 0) is 50.9 Å². The molecule has 0 amide bonds. The molecule has 1 fully saturated rings. The quantitative estimate of drug-likeness (QED) is 0.845. The molecule has 2 rings (SSSR count). The van der Waals surface area contributed by atoms with Crippen LogP contribution >= 0.6 is 0 Å². The summed E-state index contributed by atoms with van der Waals surface area (Å²) < 4.78 is 26.6. The number of aryl methyl sites for hydroxylation is 1. The molecule has 0 bridgehead atoms. The van der Waals surface area contributed by atoms with Crippen LogP contribution in [0.25, 0.3) is 0 Å². The van der Waals surface area contributed by atoms with Gasteiger partial charge in [0.1, 0.15) is 0 Å². The smallest absolute Gasteiger partial charge is 0.240 e. The van der Waals surface area contributed by atoms with Gasteiger partial charge in [0.05, 0.1) is 4.90 Å². The Kier molecular flexibility index (Phi) is 4.37. The summed E-state index contributed by atoms with van der Waals surface area (Å²) in [6.07, 6.45) is 2.05. The monoisotopic (exact) mass is 268 g/mol. The Morgan fingerprint density at radius 1 is 1.33 bits per heavy atom. The van der Waals surface area contributed by atoms with Gasteiger partial charge in [-0.3, -0.25) is 0 Å². The van der Waals surface area contributed by atoms with Crippen molar-refractivity contribution in [3.63, 3.8) is 0 Å². The standard InChI is InChI=1S/C13H20N2O2S/c1-11-2-4-13(5-3-11)18(16,17)15-9-7-12-6-8-14-10-12/h2-5,12,14-15H,6-10H2,1H3. The first-order chi connectivity index (χ1) is 8.58. The summed E-state index contributed by atoms with van der Waals surface area (Å²) in [5.41, 5.74) is 1.06. The van der Waals surface area contributed by atoms with E-state index in [0.717, 1.165) is 31.5 Å². The van der Waals surface area contributed by atoms with Crippen molar-refractivity contribution in [2.75, 3.05) is 19.6 Å². The van der Waals surface area contributed by atoms with Crippen LogP contribution in [0.2, 0.25) is 0 Å². The highest BCUT2D eigenvalue weighted by molar-refractivity contribution is 7.89. The molecule has 1 heterocycles. The average molecular weight is 268 g/mol. The lowest BCUT2D eigenvalue weighted by molar-refractivity contribution is 0.519. The zero-order valence-electron chi connectivity index (χ0n) is 10.6. The van der Waals surface area contributed by atoms with Crippen molar-refractivity contribution < 1.29 is 8.42 Å². The van der Waals surface area contributed by atoms with Gasteiger partial charge < -0.3 is 5.32 Å². The molecule has 1 aromatic rings. The predicted molar refractivity (Wildman–Crippen MR) is 72.0 cm³/mol. The van der Waals surface area contributed by atoms with E-state index in [4.69, 9.17) is 0 Å². The molecule has 1 aliphatic rings. The summed E-state index contributed by atoms with van der Waals surface area (Å²) in [5.74, 6) is 0.603. The third kappa shape index (κ3) is 3.54. The fourth-order valence-electron chi connectivity index (χ4n) is 2.16. The van der Waals surface area contributed by atoms with Crippen LogP contribution in [0.1, 0.15) is 18.4 Å². The highest BCUT2D eigenvalue weighted by Gasteiger charge is 2.17. The molecule has 18 heavy (non-hydrogen) atoms. The van der Waals surface area contributed by atoms with Crippen LogP contribution in [0.5, 0.6) is 0 Å². The number of hydrogen-bond donors (Lipinski definition) is 2. The molecule has 1 atom stereocenters. The lowest BCUT2D eigenvalue weighted by Gasteiger charge is -2.10. The first-order valence-corrected chi connectivity index (χ1v) is 7.83. The van der Waals surface area contributed by atoms with Gasteiger partial charge in [-0.2, -0.15) is 0 Å². The van der Waals surface area contributed by atoms with E-state index in [9.17, 15) is 8.42 Å². The van der Waals surface area contributed by atoms with Crippen LogP contribution in [0.4, 0.5) is 0 Å². The van der Waals surface area contributed by atoms with Gasteiger partial charge in [0, 0.05) is 6.54 Å². The van der Waals surface area contributed by atoms with E-state index in [2.05, 4.69) is 10.0 Å². The van der Waals surface area contributed by atoms with Crippen molar-refractivity contribution >= 4 is 10.0 Å².